The van der Waals surface area contributed by atoms with Crippen LogP contribution in [-0.2, 0) is 0 Å². The lowest BCUT2D eigenvalue weighted by Gasteiger charge is -2.03. The fourth-order valence-electron chi connectivity index (χ4n) is 2.59. The van der Waals surface area contributed by atoms with Crippen molar-refractivity contribution >= 4 is 43.4 Å². The second kappa shape index (κ2) is 5.65. The second-order valence-electron chi connectivity index (χ2n) is 5.20. The van der Waals surface area contributed by atoms with Crippen molar-refractivity contribution in [1.82, 2.24) is 4.98 Å². The molecular formula is C18H10F2N2OS. The molecule has 118 valence electrons. The lowest BCUT2D eigenvalue weighted by molar-refractivity contribution is 0.101. The van der Waals surface area contributed by atoms with Crippen LogP contribution in [0.5, 0.6) is 0 Å². The van der Waals surface area contributed by atoms with Gasteiger partial charge in [-0.15, -0.1) is 0 Å². The molecule has 0 radical (unpaired) electrons. The number of rotatable bonds is 2. The zero-order chi connectivity index (χ0) is 16.7. The Morgan fingerprint density at radius 1 is 0.958 bits per heavy atom. The average molecular weight is 340 g/mol. The molecule has 0 aliphatic rings. The van der Waals surface area contributed by atoms with E-state index in [0.717, 1.165) is 33.1 Å². The molecule has 0 aliphatic heterocycles. The van der Waals surface area contributed by atoms with Gasteiger partial charge in [0.2, 0.25) is 0 Å². The van der Waals surface area contributed by atoms with Crippen LogP contribution in [-0.4, -0.2) is 10.9 Å². The minimum atomic E-state index is -0.904. The van der Waals surface area contributed by atoms with E-state index in [4.69, 9.17) is 0 Å². The van der Waals surface area contributed by atoms with Crippen LogP contribution in [0.1, 0.15) is 10.4 Å². The van der Waals surface area contributed by atoms with Gasteiger partial charge in [-0.25, -0.2) is 13.8 Å². The van der Waals surface area contributed by atoms with E-state index >= 15 is 0 Å². The van der Waals surface area contributed by atoms with Crippen LogP contribution in [0.4, 0.5) is 13.9 Å². The van der Waals surface area contributed by atoms with Crippen molar-refractivity contribution in [2.45, 2.75) is 0 Å². The van der Waals surface area contributed by atoms with Gasteiger partial charge in [-0.05, 0) is 23.6 Å². The second-order valence-corrected chi connectivity index (χ2v) is 6.23. The minimum Gasteiger partial charge on any atom is -0.298 e. The Labute approximate surface area is 139 Å². The molecule has 0 saturated heterocycles. The Bertz CT molecular complexity index is 1070. The van der Waals surface area contributed by atoms with Gasteiger partial charge in [0.15, 0.2) is 5.13 Å². The topological polar surface area (TPSA) is 42.0 Å². The van der Waals surface area contributed by atoms with Crippen molar-refractivity contribution in [3.05, 3.63) is 71.8 Å². The summed E-state index contributed by atoms with van der Waals surface area (Å²) in [6.45, 7) is 0. The van der Waals surface area contributed by atoms with Crippen molar-refractivity contribution in [3.63, 3.8) is 0 Å². The summed E-state index contributed by atoms with van der Waals surface area (Å²) in [5.41, 5.74) is 0.143. The number of fused-ring (bicyclic) bond motifs is 3. The minimum absolute atomic E-state index is 0.300. The summed E-state index contributed by atoms with van der Waals surface area (Å²) in [6.07, 6.45) is 0. The first-order valence-corrected chi connectivity index (χ1v) is 7.99. The van der Waals surface area contributed by atoms with Gasteiger partial charge in [-0.2, -0.15) is 0 Å². The number of thiazole rings is 1. The smallest absolute Gasteiger partial charge is 0.263 e. The zero-order valence-corrected chi connectivity index (χ0v) is 13.0. The molecule has 4 aromatic rings. The molecule has 1 heterocycles. The first-order chi connectivity index (χ1) is 11.6. The summed E-state index contributed by atoms with van der Waals surface area (Å²) in [4.78, 5) is 16.6. The van der Waals surface area contributed by atoms with E-state index < -0.39 is 23.1 Å². The Balaban J connectivity index is 1.75. The maximum atomic E-state index is 13.7. The third-order valence-corrected chi connectivity index (χ3v) is 4.63. The Morgan fingerprint density at radius 2 is 1.71 bits per heavy atom. The van der Waals surface area contributed by atoms with E-state index in [9.17, 15) is 13.6 Å². The third kappa shape index (κ3) is 2.41. The van der Waals surface area contributed by atoms with Crippen molar-refractivity contribution in [3.8, 4) is 0 Å². The van der Waals surface area contributed by atoms with Gasteiger partial charge < -0.3 is 0 Å². The maximum Gasteiger partial charge on any atom is 0.263 e. The molecule has 1 N–H and O–H groups in total. The van der Waals surface area contributed by atoms with Gasteiger partial charge >= 0.3 is 0 Å². The number of carbonyl (C=O) groups excluding carboxylic acids is 1. The molecule has 1 aromatic heterocycles. The quantitative estimate of drug-likeness (QED) is 0.559. The van der Waals surface area contributed by atoms with Gasteiger partial charge in [-0.1, -0.05) is 47.7 Å². The number of hydrogen-bond donors (Lipinski definition) is 1. The maximum absolute atomic E-state index is 13.7. The molecule has 3 nitrogen and oxygen atoms in total. The average Bonchev–Trinajstić information content (AvgIpc) is 2.97. The molecular weight excluding hydrogens is 330 g/mol. The normalized spacial score (nSPS) is 11.1. The van der Waals surface area contributed by atoms with E-state index in [1.807, 2.05) is 36.4 Å². The van der Waals surface area contributed by atoms with Gasteiger partial charge in [0.1, 0.15) is 17.2 Å². The molecule has 0 saturated carbocycles. The lowest BCUT2D eigenvalue weighted by atomic mass is 10.1. The van der Waals surface area contributed by atoms with E-state index in [1.54, 1.807) is 0 Å². The molecule has 24 heavy (non-hydrogen) atoms. The SMILES string of the molecule is O=C(Nc1nc2c(ccc3ccccc32)s1)c1c(F)cccc1F. The summed E-state index contributed by atoms with van der Waals surface area (Å²) in [5, 5.41) is 4.78. The fraction of sp³-hybridized carbons (Fsp3) is 0. The summed E-state index contributed by atoms with van der Waals surface area (Å²) in [5.74, 6) is -2.66. The molecule has 0 atom stereocenters. The van der Waals surface area contributed by atoms with Crippen LogP contribution in [0.25, 0.3) is 21.0 Å². The van der Waals surface area contributed by atoms with E-state index in [0.29, 0.717) is 5.13 Å². The van der Waals surface area contributed by atoms with Crippen LogP contribution in [0, 0.1) is 11.6 Å². The molecule has 4 rings (SSSR count). The highest BCUT2D eigenvalue weighted by Gasteiger charge is 2.18. The number of amides is 1. The van der Waals surface area contributed by atoms with Crippen molar-refractivity contribution in [2.24, 2.45) is 0 Å². The number of nitrogens with one attached hydrogen (secondary N) is 1. The molecule has 0 unspecified atom stereocenters. The van der Waals surface area contributed by atoms with Crippen LogP contribution in [0.2, 0.25) is 0 Å². The number of carbonyl (C=O) groups is 1. The molecule has 0 bridgehead atoms. The largest absolute Gasteiger partial charge is 0.298 e. The standard InChI is InChI=1S/C18H10F2N2OS/c19-12-6-3-7-13(20)15(12)17(23)22-18-21-16-11-5-2-1-4-10(11)8-9-14(16)24-18/h1-9H,(H,21,22,23). The number of benzene rings is 3. The molecule has 0 spiro atoms. The summed E-state index contributed by atoms with van der Waals surface area (Å²) >= 11 is 1.26. The monoisotopic (exact) mass is 340 g/mol. The number of aromatic nitrogens is 1. The van der Waals surface area contributed by atoms with Crippen LogP contribution in [0.3, 0.4) is 0 Å². The molecule has 1 amide bonds. The van der Waals surface area contributed by atoms with Crippen molar-refractivity contribution in [1.29, 1.82) is 0 Å². The van der Waals surface area contributed by atoms with E-state index in [1.165, 1.54) is 17.4 Å². The number of halogens is 2. The fourth-order valence-corrected chi connectivity index (χ4v) is 3.47. The molecule has 3 aromatic carbocycles. The summed E-state index contributed by atoms with van der Waals surface area (Å²) in [7, 11) is 0. The van der Waals surface area contributed by atoms with Gasteiger partial charge in [-0.3, -0.25) is 10.1 Å². The van der Waals surface area contributed by atoms with Crippen molar-refractivity contribution < 1.29 is 13.6 Å². The summed E-state index contributed by atoms with van der Waals surface area (Å²) < 4.78 is 28.3. The highest BCUT2D eigenvalue weighted by molar-refractivity contribution is 7.22. The Hall–Kier alpha value is -2.86. The predicted molar refractivity (Wildman–Crippen MR) is 91.4 cm³/mol. The number of nitrogens with zero attached hydrogens (tertiary/aromatic N) is 1. The van der Waals surface area contributed by atoms with Gasteiger partial charge in [0.25, 0.3) is 5.91 Å². The van der Waals surface area contributed by atoms with E-state index in [-0.39, 0.29) is 0 Å². The Morgan fingerprint density at radius 3 is 2.50 bits per heavy atom. The lowest BCUT2D eigenvalue weighted by Crippen LogP contribution is -2.15. The van der Waals surface area contributed by atoms with Gasteiger partial charge in [0, 0.05) is 5.39 Å². The van der Waals surface area contributed by atoms with Gasteiger partial charge in [0.05, 0.1) is 10.2 Å². The van der Waals surface area contributed by atoms with Crippen LogP contribution >= 0.6 is 11.3 Å². The highest BCUT2D eigenvalue weighted by atomic mass is 32.1. The first kappa shape index (κ1) is 14.7. The zero-order valence-electron chi connectivity index (χ0n) is 12.2. The summed E-state index contributed by atoms with van der Waals surface area (Å²) in [6, 6.07) is 14.9. The third-order valence-electron chi connectivity index (χ3n) is 3.69. The highest BCUT2D eigenvalue weighted by Crippen LogP contribution is 2.32. The van der Waals surface area contributed by atoms with Crippen LogP contribution < -0.4 is 5.32 Å². The van der Waals surface area contributed by atoms with Crippen molar-refractivity contribution in [2.75, 3.05) is 5.32 Å². The predicted octanol–water partition coefficient (Wildman–Crippen LogP) is 4.98. The number of hydrogen-bond acceptors (Lipinski definition) is 3. The first-order valence-electron chi connectivity index (χ1n) is 7.17. The molecule has 0 aliphatic carbocycles. The van der Waals surface area contributed by atoms with E-state index in [2.05, 4.69) is 10.3 Å². The molecule has 0 fully saturated rings. The number of anilines is 1. The Kier molecular flexibility index (Phi) is 3.46. The van der Waals surface area contributed by atoms with Crippen LogP contribution in [0.15, 0.2) is 54.6 Å². The molecule has 6 heteroatoms.